The third-order valence-electron chi connectivity index (χ3n) is 0.903. The molecule has 0 spiro atoms. The minimum absolute atomic E-state index is 0. The van der Waals surface area contributed by atoms with Crippen LogP contribution in [0.5, 0.6) is 0 Å². The van der Waals surface area contributed by atoms with Crippen molar-refractivity contribution in [2.75, 3.05) is 13.2 Å². The molecule has 12 heavy (non-hydrogen) atoms. The summed E-state index contributed by atoms with van der Waals surface area (Å²) in [4.78, 5) is 10.1. The van der Waals surface area contributed by atoms with Crippen molar-refractivity contribution in [2.45, 2.75) is 6.04 Å². The van der Waals surface area contributed by atoms with Crippen molar-refractivity contribution in [3.63, 3.8) is 0 Å². The van der Waals surface area contributed by atoms with Crippen LogP contribution in [0.25, 0.3) is 0 Å². The van der Waals surface area contributed by atoms with Crippen LogP contribution in [0, 0.1) is 0 Å². The molecule has 6 heteroatoms. The van der Waals surface area contributed by atoms with Crippen LogP contribution in [0.3, 0.4) is 0 Å². The highest BCUT2D eigenvalue weighted by molar-refractivity contribution is 5.85. The van der Waals surface area contributed by atoms with Crippen molar-refractivity contribution >= 4 is 18.4 Å². The molecule has 0 heterocycles. The van der Waals surface area contributed by atoms with Crippen LogP contribution < -0.4 is 11.5 Å². The third-order valence-corrected chi connectivity index (χ3v) is 0.903. The van der Waals surface area contributed by atoms with Gasteiger partial charge in [-0.1, -0.05) is 0 Å². The summed E-state index contributed by atoms with van der Waals surface area (Å²) in [5.74, 6) is -1.09. The maximum absolute atomic E-state index is 10.1. The van der Waals surface area contributed by atoms with Crippen molar-refractivity contribution in [1.82, 2.24) is 0 Å². The van der Waals surface area contributed by atoms with Crippen LogP contribution in [-0.4, -0.2) is 30.3 Å². The Hall–Kier alpha value is -0.780. The van der Waals surface area contributed by atoms with E-state index in [1.165, 1.54) is 12.3 Å². The van der Waals surface area contributed by atoms with Gasteiger partial charge in [0, 0.05) is 6.54 Å². The van der Waals surface area contributed by atoms with E-state index in [4.69, 9.17) is 21.3 Å². The predicted molar refractivity (Wildman–Crippen MR) is 47.0 cm³/mol. The summed E-state index contributed by atoms with van der Waals surface area (Å²) in [7, 11) is 0. The van der Waals surface area contributed by atoms with Gasteiger partial charge in [0.15, 0.2) is 0 Å². The smallest absolute Gasteiger partial charge is 0.324 e. The zero-order valence-corrected chi connectivity index (χ0v) is 7.29. The summed E-state index contributed by atoms with van der Waals surface area (Å²) >= 11 is 0. The molecular weight excluding hydrogens is 184 g/mol. The fourth-order valence-corrected chi connectivity index (χ4v) is 0.359. The van der Waals surface area contributed by atoms with E-state index in [0.717, 1.165) is 0 Å². The molecule has 5 N–H and O–H groups in total. The minimum atomic E-state index is -1.09. The predicted octanol–water partition coefficient (Wildman–Crippen LogP) is -0.691. The van der Waals surface area contributed by atoms with E-state index in [1.54, 1.807) is 0 Å². The molecule has 0 unspecified atom stereocenters. The highest BCUT2D eigenvalue weighted by atomic mass is 35.5. The Kier molecular flexibility index (Phi) is 9.56. The fourth-order valence-electron chi connectivity index (χ4n) is 0.359. The molecular formula is C6H13ClN2O3. The lowest BCUT2D eigenvalue weighted by molar-refractivity contribution is -0.137. The van der Waals surface area contributed by atoms with Gasteiger partial charge in [-0.3, -0.25) is 4.79 Å². The molecule has 0 aromatic heterocycles. The monoisotopic (exact) mass is 196 g/mol. The number of rotatable bonds is 5. The topological polar surface area (TPSA) is 98.6 Å². The zero-order valence-electron chi connectivity index (χ0n) is 6.47. The highest BCUT2D eigenvalue weighted by Crippen LogP contribution is 1.83. The van der Waals surface area contributed by atoms with Crippen molar-refractivity contribution in [2.24, 2.45) is 11.5 Å². The van der Waals surface area contributed by atoms with E-state index in [0.29, 0.717) is 13.2 Å². The van der Waals surface area contributed by atoms with E-state index >= 15 is 0 Å². The van der Waals surface area contributed by atoms with E-state index < -0.39 is 12.0 Å². The molecule has 0 bridgehead atoms. The molecule has 72 valence electrons. The number of aliphatic carboxylic acids is 1. The molecule has 0 aromatic carbocycles. The van der Waals surface area contributed by atoms with E-state index in [9.17, 15) is 4.79 Å². The van der Waals surface area contributed by atoms with Crippen LogP contribution in [-0.2, 0) is 9.53 Å². The molecule has 0 aliphatic heterocycles. The third kappa shape index (κ3) is 7.33. The van der Waals surface area contributed by atoms with Crippen LogP contribution >= 0.6 is 12.4 Å². The van der Waals surface area contributed by atoms with Gasteiger partial charge >= 0.3 is 5.97 Å². The molecule has 0 aliphatic carbocycles. The van der Waals surface area contributed by atoms with Crippen molar-refractivity contribution < 1.29 is 14.6 Å². The molecule has 0 aromatic rings. The molecule has 0 amide bonds. The number of hydrogen-bond acceptors (Lipinski definition) is 4. The van der Waals surface area contributed by atoms with Crippen LogP contribution in [0.1, 0.15) is 0 Å². The minimum Gasteiger partial charge on any atom is -0.500 e. The largest absolute Gasteiger partial charge is 0.500 e. The molecule has 0 fully saturated rings. The van der Waals surface area contributed by atoms with E-state index in [1.807, 2.05) is 0 Å². The average Bonchev–Trinajstić information content (AvgIpc) is 1.97. The second-order valence-corrected chi connectivity index (χ2v) is 1.85. The van der Waals surface area contributed by atoms with Crippen LogP contribution in [0.15, 0.2) is 12.3 Å². The summed E-state index contributed by atoms with van der Waals surface area (Å²) in [5.41, 5.74) is 10.2. The number of carboxylic acids is 1. The van der Waals surface area contributed by atoms with Gasteiger partial charge in [-0.25, -0.2) is 0 Å². The summed E-state index contributed by atoms with van der Waals surface area (Å²) in [6, 6.07) is -1.01. The second kappa shape index (κ2) is 8.32. The van der Waals surface area contributed by atoms with Gasteiger partial charge < -0.3 is 21.3 Å². The van der Waals surface area contributed by atoms with Crippen molar-refractivity contribution in [1.29, 1.82) is 0 Å². The number of ether oxygens (including phenoxy) is 1. The maximum Gasteiger partial charge on any atom is 0.324 e. The normalized spacial score (nSPS) is 12.2. The molecule has 0 radical (unpaired) electrons. The first-order chi connectivity index (χ1) is 5.18. The number of hydrogen-bond donors (Lipinski definition) is 3. The SMILES string of the molecule is Cl.NCCO/C=C/[C@@H](N)C(=O)O. The number of carbonyl (C=O) groups is 1. The van der Waals surface area contributed by atoms with E-state index in [2.05, 4.69) is 0 Å². The maximum atomic E-state index is 10.1. The zero-order chi connectivity index (χ0) is 8.69. The first-order valence-electron chi connectivity index (χ1n) is 3.15. The van der Waals surface area contributed by atoms with Gasteiger partial charge in [0.2, 0.25) is 0 Å². The number of carboxylic acid groups (broad SMARTS) is 1. The lowest BCUT2D eigenvalue weighted by Crippen LogP contribution is -2.27. The second-order valence-electron chi connectivity index (χ2n) is 1.85. The quantitative estimate of drug-likeness (QED) is 0.399. The van der Waals surface area contributed by atoms with Gasteiger partial charge in [0.25, 0.3) is 0 Å². The van der Waals surface area contributed by atoms with Crippen LogP contribution in [0.4, 0.5) is 0 Å². The summed E-state index contributed by atoms with van der Waals surface area (Å²) in [6.07, 6.45) is 2.49. The van der Waals surface area contributed by atoms with Gasteiger partial charge in [0.05, 0.1) is 12.9 Å². The first kappa shape index (κ1) is 13.8. The van der Waals surface area contributed by atoms with Crippen LogP contribution in [0.2, 0.25) is 0 Å². The molecule has 5 nitrogen and oxygen atoms in total. The standard InChI is InChI=1S/C6H12N2O3.ClH/c7-2-4-11-3-1-5(8)6(9)10;/h1,3,5H,2,4,7-8H2,(H,9,10);1H/b3-1+;/t5-;/m1./s1. The van der Waals surface area contributed by atoms with Gasteiger partial charge in [-0.15, -0.1) is 12.4 Å². The lowest BCUT2D eigenvalue weighted by atomic mass is 10.3. The summed E-state index contributed by atoms with van der Waals surface area (Å²) in [5, 5.41) is 8.28. The Balaban J connectivity index is 0. The van der Waals surface area contributed by atoms with Gasteiger partial charge in [-0.2, -0.15) is 0 Å². The summed E-state index contributed by atoms with van der Waals surface area (Å²) in [6.45, 7) is 0.759. The average molecular weight is 197 g/mol. The molecule has 0 saturated carbocycles. The van der Waals surface area contributed by atoms with Crippen molar-refractivity contribution in [3.05, 3.63) is 12.3 Å². The lowest BCUT2D eigenvalue weighted by Gasteiger charge is -1.98. The van der Waals surface area contributed by atoms with Gasteiger partial charge in [0.1, 0.15) is 6.04 Å². The first-order valence-corrected chi connectivity index (χ1v) is 3.15. The fraction of sp³-hybridized carbons (Fsp3) is 0.500. The molecule has 1 atom stereocenters. The number of nitrogens with two attached hydrogens (primary N) is 2. The molecule has 0 aliphatic rings. The van der Waals surface area contributed by atoms with Crippen molar-refractivity contribution in [3.8, 4) is 0 Å². The Morgan fingerprint density at radius 3 is 2.67 bits per heavy atom. The Morgan fingerprint density at radius 1 is 1.67 bits per heavy atom. The Bertz CT molecular complexity index is 152. The Morgan fingerprint density at radius 2 is 2.25 bits per heavy atom. The molecule has 0 rings (SSSR count). The van der Waals surface area contributed by atoms with Gasteiger partial charge in [-0.05, 0) is 6.08 Å². The highest BCUT2D eigenvalue weighted by Gasteiger charge is 2.05. The molecule has 0 saturated heterocycles. The Labute approximate surface area is 76.8 Å². The number of halogens is 1. The van der Waals surface area contributed by atoms with E-state index in [-0.39, 0.29) is 12.4 Å². The summed E-state index contributed by atoms with van der Waals surface area (Å²) < 4.78 is 4.75.